The van der Waals surface area contributed by atoms with Crippen LogP contribution in [0.15, 0.2) is 18.2 Å². The summed E-state index contributed by atoms with van der Waals surface area (Å²) in [4.78, 5) is 16.6. The molecule has 0 aliphatic rings. The predicted molar refractivity (Wildman–Crippen MR) is 84.6 cm³/mol. The maximum absolute atomic E-state index is 11.9. The van der Waals surface area contributed by atoms with Gasteiger partial charge in [-0.1, -0.05) is 20.3 Å². The smallest absolute Gasteiger partial charge is 0.338 e. The quantitative estimate of drug-likeness (QED) is 0.724. The van der Waals surface area contributed by atoms with Crippen LogP contribution < -0.4 is 0 Å². The molecule has 0 atom stereocenters. The zero-order chi connectivity index (χ0) is 15.2. The van der Waals surface area contributed by atoms with Crippen molar-refractivity contribution in [3.63, 3.8) is 0 Å². The molecule has 0 saturated heterocycles. The average Bonchev–Trinajstić information content (AvgIpc) is 2.82. The molecule has 4 heteroatoms. The van der Waals surface area contributed by atoms with Gasteiger partial charge in [-0.05, 0) is 38.0 Å². The molecular formula is C17H24N2O2. The molecule has 0 N–H and O–H groups in total. The Kier molecular flexibility index (Phi) is 5.37. The van der Waals surface area contributed by atoms with Gasteiger partial charge >= 0.3 is 5.97 Å². The number of aryl methyl sites for hydroxylation is 2. The Morgan fingerprint density at radius 2 is 2.05 bits per heavy atom. The van der Waals surface area contributed by atoms with Gasteiger partial charge in [0, 0.05) is 13.0 Å². The van der Waals surface area contributed by atoms with Gasteiger partial charge in [0.1, 0.15) is 5.82 Å². The van der Waals surface area contributed by atoms with E-state index in [1.165, 1.54) is 0 Å². The van der Waals surface area contributed by atoms with Crippen molar-refractivity contribution in [2.75, 3.05) is 6.61 Å². The molecule has 0 fully saturated rings. The van der Waals surface area contributed by atoms with Gasteiger partial charge < -0.3 is 9.30 Å². The molecule has 1 heterocycles. The number of hydrogen-bond donors (Lipinski definition) is 0. The standard InChI is InChI=1S/C17H24N2O2/c1-4-7-11-19-15-12-13(17(20)21-6-3)9-10-14(15)18-16(19)8-5-2/h9-10,12H,4-8,11H2,1-3H3. The first-order chi connectivity index (χ1) is 10.2. The van der Waals surface area contributed by atoms with Crippen molar-refractivity contribution < 1.29 is 9.53 Å². The van der Waals surface area contributed by atoms with E-state index in [2.05, 4.69) is 18.4 Å². The van der Waals surface area contributed by atoms with E-state index in [0.717, 1.165) is 49.1 Å². The van der Waals surface area contributed by atoms with Gasteiger partial charge in [0.2, 0.25) is 0 Å². The number of rotatable bonds is 7. The maximum atomic E-state index is 11.9. The van der Waals surface area contributed by atoms with Crippen molar-refractivity contribution in [3.8, 4) is 0 Å². The SMILES string of the molecule is CCCCn1c(CCC)nc2ccc(C(=O)OCC)cc21. The van der Waals surface area contributed by atoms with Crippen LogP contribution in [0.3, 0.4) is 0 Å². The highest BCUT2D eigenvalue weighted by atomic mass is 16.5. The molecule has 4 nitrogen and oxygen atoms in total. The highest BCUT2D eigenvalue weighted by molar-refractivity contribution is 5.93. The van der Waals surface area contributed by atoms with E-state index in [1.807, 2.05) is 19.1 Å². The van der Waals surface area contributed by atoms with E-state index in [-0.39, 0.29) is 5.97 Å². The lowest BCUT2D eigenvalue weighted by Crippen LogP contribution is -2.06. The van der Waals surface area contributed by atoms with Crippen molar-refractivity contribution in [2.45, 2.75) is 53.0 Å². The fraction of sp³-hybridized carbons (Fsp3) is 0.529. The molecule has 0 radical (unpaired) electrons. The fourth-order valence-electron chi connectivity index (χ4n) is 2.49. The summed E-state index contributed by atoms with van der Waals surface area (Å²) >= 11 is 0. The zero-order valence-corrected chi connectivity index (χ0v) is 13.2. The highest BCUT2D eigenvalue weighted by Crippen LogP contribution is 2.20. The Hall–Kier alpha value is -1.84. The monoisotopic (exact) mass is 288 g/mol. The number of imidazole rings is 1. The number of benzene rings is 1. The van der Waals surface area contributed by atoms with E-state index in [0.29, 0.717) is 12.2 Å². The minimum Gasteiger partial charge on any atom is -0.462 e. The number of carbonyl (C=O) groups is 1. The van der Waals surface area contributed by atoms with E-state index >= 15 is 0 Å². The first-order valence-corrected chi connectivity index (χ1v) is 7.87. The molecule has 0 aliphatic heterocycles. The lowest BCUT2D eigenvalue weighted by atomic mass is 10.2. The molecule has 0 amide bonds. The highest BCUT2D eigenvalue weighted by Gasteiger charge is 2.13. The second-order valence-corrected chi connectivity index (χ2v) is 5.21. The molecule has 1 aromatic heterocycles. The number of unbranched alkanes of at least 4 members (excludes halogenated alkanes) is 1. The van der Waals surface area contributed by atoms with Gasteiger partial charge in [-0.15, -0.1) is 0 Å². The summed E-state index contributed by atoms with van der Waals surface area (Å²) in [5, 5.41) is 0. The van der Waals surface area contributed by atoms with Crippen LogP contribution in [0.1, 0.15) is 56.2 Å². The van der Waals surface area contributed by atoms with Gasteiger partial charge in [0.15, 0.2) is 0 Å². The van der Waals surface area contributed by atoms with Crippen molar-refractivity contribution in [3.05, 3.63) is 29.6 Å². The van der Waals surface area contributed by atoms with Gasteiger partial charge in [-0.3, -0.25) is 0 Å². The third kappa shape index (κ3) is 3.43. The number of aromatic nitrogens is 2. The first kappa shape index (κ1) is 15.5. The molecule has 1 aromatic carbocycles. The normalized spacial score (nSPS) is 11.0. The van der Waals surface area contributed by atoms with Crippen molar-refractivity contribution in [1.82, 2.24) is 9.55 Å². The number of esters is 1. The number of hydrogen-bond acceptors (Lipinski definition) is 3. The van der Waals surface area contributed by atoms with Gasteiger partial charge in [-0.2, -0.15) is 0 Å². The van der Waals surface area contributed by atoms with Crippen LogP contribution in [0.25, 0.3) is 11.0 Å². The summed E-state index contributed by atoms with van der Waals surface area (Å²) in [5.41, 5.74) is 2.60. The topological polar surface area (TPSA) is 44.1 Å². The number of ether oxygens (including phenoxy) is 1. The van der Waals surface area contributed by atoms with Crippen LogP contribution >= 0.6 is 0 Å². The summed E-state index contributed by atoms with van der Waals surface area (Å²) < 4.78 is 7.34. The van der Waals surface area contributed by atoms with Gasteiger partial charge in [0.05, 0.1) is 23.2 Å². The number of carbonyl (C=O) groups excluding carboxylic acids is 1. The maximum Gasteiger partial charge on any atom is 0.338 e. The van der Waals surface area contributed by atoms with Crippen molar-refractivity contribution in [2.24, 2.45) is 0 Å². The van der Waals surface area contributed by atoms with E-state index in [9.17, 15) is 4.79 Å². The van der Waals surface area contributed by atoms with Crippen LogP contribution in [-0.4, -0.2) is 22.1 Å². The first-order valence-electron chi connectivity index (χ1n) is 7.87. The molecular weight excluding hydrogens is 264 g/mol. The number of nitrogens with zero attached hydrogens (tertiary/aromatic N) is 2. The van der Waals surface area contributed by atoms with Crippen molar-refractivity contribution >= 4 is 17.0 Å². The molecule has 0 unspecified atom stereocenters. The fourth-order valence-corrected chi connectivity index (χ4v) is 2.49. The molecule has 2 aromatic rings. The average molecular weight is 288 g/mol. The summed E-state index contributed by atoms with van der Waals surface area (Å²) in [6.07, 6.45) is 4.29. The third-order valence-electron chi connectivity index (χ3n) is 3.55. The molecule has 0 bridgehead atoms. The van der Waals surface area contributed by atoms with Crippen LogP contribution in [0, 0.1) is 0 Å². The van der Waals surface area contributed by atoms with Gasteiger partial charge in [0.25, 0.3) is 0 Å². The predicted octanol–water partition coefficient (Wildman–Crippen LogP) is 3.97. The van der Waals surface area contributed by atoms with E-state index in [1.54, 1.807) is 6.07 Å². The minimum atomic E-state index is -0.264. The third-order valence-corrected chi connectivity index (χ3v) is 3.55. The van der Waals surface area contributed by atoms with E-state index < -0.39 is 0 Å². The minimum absolute atomic E-state index is 0.264. The lowest BCUT2D eigenvalue weighted by Gasteiger charge is -2.08. The second-order valence-electron chi connectivity index (χ2n) is 5.21. The summed E-state index contributed by atoms with van der Waals surface area (Å²) in [7, 11) is 0. The zero-order valence-electron chi connectivity index (χ0n) is 13.2. The Balaban J connectivity index is 2.44. The molecule has 0 aliphatic carbocycles. The van der Waals surface area contributed by atoms with Crippen LogP contribution in [-0.2, 0) is 17.7 Å². The molecule has 2 rings (SSSR count). The summed E-state index contributed by atoms with van der Waals surface area (Å²) in [6.45, 7) is 7.51. The van der Waals surface area contributed by atoms with Crippen LogP contribution in [0.2, 0.25) is 0 Å². The number of fused-ring (bicyclic) bond motifs is 1. The van der Waals surface area contributed by atoms with Crippen molar-refractivity contribution in [1.29, 1.82) is 0 Å². The molecule has 114 valence electrons. The molecule has 0 saturated carbocycles. The summed E-state index contributed by atoms with van der Waals surface area (Å²) in [5.74, 6) is 0.849. The Morgan fingerprint density at radius 3 is 2.71 bits per heavy atom. The Morgan fingerprint density at radius 1 is 1.24 bits per heavy atom. The second kappa shape index (κ2) is 7.25. The van der Waals surface area contributed by atoms with Gasteiger partial charge in [-0.25, -0.2) is 9.78 Å². The van der Waals surface area contributed by atoms with Crippen LogP contribution in [0.4, 0.5) is 0 Å². The Bertz CT molecular complexity index is 617. The van der Waals surface area contributed by atoms with E-state index in [4.69, 9.17) is 9.72 Å². The van der Waals surface area contributed by atoms with Crippen LogP contribution in [0.5, 0.6) is 0 Å². The Labute approximate surface area is 126 Å². The molecule has 0 spiro atoms. The molecule has 21 heavy (non-hydrogen) atoms. The largest absolute Gasteiger partial charge is 0.462 e. The summed E-state index contributed by atoms with van der Waals surface area (Å²) in [6, 6.07) is 5.63. The lowest BCUT2D eigenvalue weighted by molar-refractivity contribution is 0.0526.